The first-order chi connectivity index (χ1) is 4.73. The fourth-order valence-corrected chi connectivity index (χ4v) is 0. The van der Waals surface area contributed by atoms with E-state index in [0.29, 0.717) is 0 Å². The van der Waals surface area contributed by atoms with Gasteiger partial charge < -0.3 is 23.5 Å². The van der Waals surface area contributed by atoms with Crippen molar-refractivity contribution in [3.63, 3.8) is 0 Å². The van der Waals surface area contributed by atoms with Crippen molar-refractivity contribution < 1.29 is 82.6 Å². The van der Waals surface area contributed by atoms with Gasteiger partial charge in [0.05, 0.1) is 26.4 Å². The molecule has 0 aliphatic carbocycles. The van der Waals surface area contributed by atoms with Crippen LogP contribution in [-0.2, 0) is 13.9 Å². The Bertz CT molecular complexity index is 83.9. The molecule has 0 aromatic rings. The molecule has 5 nitrogen and oxygen atoms in total. The van der Waals surface area contributed by atoms with Crippen molar-refractivity contribution in [3.05, 3.63) is 0 Å². The van der Waals surface area contributed by atoms with Crippen molar-refractivity contribution >= 4 is 9.17 Å². The van der Waals surface area contributed by atoms with Crippen LogP contribution in [0.5, 0.6) is 0 Å². The monoisotopic (exact) mass is 210 g/mol. The van der Waals surface area contributed by atoms with E-state index < -0.39 is 9.17 Å². The Labute approximate surface area is 117 Å². The molecule has 2 aliphatic heterocycles. The Morgan fingerprint density at radius 1 is 0.917 bits per heavy atom. The molecular formula is C4H8Na2O5Si. The summed E-state index contributed by atoms with van der Waals surface area (Å²) in [5, 5.41) is 0. The molecule has 2 heterocycles. The third kappa shape index (κ3) is 102. The molecular weight excluding hydrogens is 202 g/mol. The van der Waals surface area contributed by atoms with Crippen LogP contribution >= 0.6 is 0 Å². The maximum Gasteiger partial charge on any atom is 1.00 e. The molecule has 60 valence electrons. The van der Waals surface area contributed by atoms with Gasteiger partial charge in [-0.1, -0.05) is 0 Å². The van der Waals surface area contributed by atoms with Gasteiger partial charge >= 0.3 is 59.1 Å². The van der Waals surface area contributed by atoms with Gasteiger partial charge in [-0.05, 0) is 0 Å². The summed E-state index contributed by atoms with van der Waals surface area (Å²) in [6, 6.07) is 0. The van der Waals surface area contributed by atoms with E-state index in [0.717, 1.165) is 26.4 Å². The average molecular weight is 210 g/mol. The quantitative estimate of drug-likeness (QED) is 0.292. The number of epoxide rings is 2. The third-order valence-corrected chi connectivity index (χ3v) is 0.408. The first-order valence-electron chi connectivity index (χ1n) is 2.77. The Morgan fingerprint density at radius 3 is 1.00 bits per heavy atom. The second-order valence-corrected chi connectivity index (χ2v) is 1.97. The summed E-state index contributed by atoms with van der Waals surface area (Å²) in [6.45, 7) is 4.00. The summed E-state index contributed by atoms with van der Waals surface area (Å²) in [6.07, 6.45) is 0. The van der Waals surface area contributed by atoms with Crippen LogP contribution < -0.4 is 68.7 Å². The first kappa shape index (κ1) is 19.2. The molecule has 0 aromatic carbocycles. The maximum absolute atomic E-state index is 8.52. The summed E-state index contributed by atoms with van der Waals surface area (Å²) < 4.78 is 17.5. The van der Waals surface area contributed by atoms with Crippen molar-refractivity contribution in [2.24, 2.45) is 0 Å². The smallest absolute Gasteiger partial charge is 0.672 e. The molecule has 12 heavy (non-hydrogen) atoms. The molecule has 0 aromatic heterocycles. The summed E-state index contributed by atoms with van der Waals surface area (Å²) in [4.78, 5) is 17.0. The Balaban J connectivity index is -0.0000000937. The normalized spacial score (nSPS) is 14.0. The molecule has 0 radical (unpaired) electrons. The van der Waals surface area contributed by atoms with Crippen molar-refractivity contribution in [1.82, 2.24) is 0 Å². The molecule has 0 bridgehead atoms. The van der Waals surface area contributed by atoms with Crippen LogP contribution in [0, 0.1) is 0 Å². The second-order valence-electron chi connectivity index (χ2n) is 1.47. The minimum Gasteiger partial charge on any atom is -0.672 e. The molecule has 2 fully saturated rings. The molecule has 0 atom stereocenters. The molecule has 2 saturated heterocycles. The van der Waals surface area contributed by atoms with Gasteiger partial charge in [0.15, 0.2) is 0 Å². The zero-order chi connectivity index (χ0) is 7.82. The van der Waals surface area contributed by atoms with E-state index in [4.69, 9.17) is 14.1 Å². The van der Waals surface area contributed by atoms with Gasteiger partial charge in [-0.3, -0.25) is 0 Å². The van der Waals surface area contributed by atoms with E-state index in [-0.39, 0.29) is 59.1 Å². The topological polar surface area (TPSA) is 88.2 Å². The van der Waals surface area contributed by atoms with Crippen molar-refractivity contribution in [2.45, 2.75) is 0 Å². The van der Waals surface area contributed by atoms with Crippen LogP contribution in [-0.4, -0.2) is 35.6 Å². The Hall–Kier alpha value is 1.54. The SMILES string of the molecule is C1CO1.C1CO1.O=[Si]([O-])[O-].[Na+].[Na+]. The van der Waals surface area contributed by atoms with Crippen LogP contribution in [0.15, 0.2) is 0 Å². The number of hydrogen-bond acceptors (Lipinski definition) is 5. The van der Waals surface area contributed by atoms with Crippen LogP contribution in [0.4, 0.5) is 0 Å². The molecule has 0 spiro atoms. The zero-order valence-corrected chi connectivity index (χ0v) is 12.4. The summed E-state index contributed by atoms with van der Waals surface area (Å²) >= 11 is 0. The van der Waals surface area contributed by atoms with Crippen LogP contribution in [0.2, 0.25) is 0 Å². The number of hydrogen-bond donors (Lipinski definition) is 0. The van der Waals surface area contributed by atoms with E-state index >= 15 is 0 Å². The largest absolute Gasteiger partial charge is 1.00 e. The third-order valence-electron chi connectivity index (χ3n) is 0.408. The van der Waals surface area contributed by atoms with E-state index in [1.807, 2.05) is 0 Å². The van der Waals surface area contributed by atoms with Gasteiger partial charge in [0.25, 0.3) is 0 Å². The Morgan fingerprint density at radius 2 is 1.00 bits per heavy atom. The van der Waals surface area contributed by atoms with Crippen LogP contribution in [0.1, 0.15) is 0 Å². The molecule has 2 aliphatic rings. The van der Waals surface area contributed by atoms with Crippen LogP contribution in [0.25, 0.3) is 0 Å². The zero-order valence-electron chi connectivity index (χ0n) is 7.37. The Kier molecular flexibility index (Phi) is 24.0. The van der Waals surface area contributed by atoms with Crippen molar-refractivity contribution in [2.75, 3.05) is 26.4 Å². The molecule has 0 amide bonds. The van der Waals surface area contributed by atoms with Crippen LogP contribution in [0.3, 0.4) is 0 Å². The minimum atomic E-state index is -3.63. The molecule has 0 unspecified atom stereocenters. The van der Waals surface area contributed by atoms with E-state index in [1.165, 1.54) is 0 Å². The van der Waals surface area contributed by atoms with E-state index in [1.54, 1.807) is 0 Å². The van der Waals surface area contributed by atoms with E-state index in [2.05, 4.69) is 9.47 Å². The standard InChI is InChI=1S/2C2H4O.2Na.O3Si/c2*1-2-3-1;;;1-4(2)3/h2*1-2H2;;;/q;;2*+1;-2. The van der Waals surface area contributed by atoms with Gasteiger partial charge in [0.1, 0.15) is 0 Å². The summed E-state index contributed by atoms with van der Waals surface area (Å²) in [5.41, 5.74) is 0. The fourth-order valence-electron chi connectivity index (χ4n) is 0. The average Bonchev–Trinajstić information content (AvgIpc) is 2.62. The van der Waals surface area contributed by atoms with Gasteiger partial charge in [-0.2, -0.15) is 0 Å². The molecule has 8 heteroatoms. The first-order valence-corrected chi connectivity index (χ1v) is 3.99. The van der Waals surface area contributed by atoms with Gasteiger partial charge in [0.2, 0.25) is 0 Å². The summed E-state index contributed by atoms with van der Waals surface area (Å²) in [7, 11) is -3.63. The predicted molar refractivity (Wildman–Crippen MR) is 28.1 cm³/mol. The molecule has 0 saturated carbocycles. The second kappa shape index (κ2) is 15.0. The molecule has 2 rings (SSSR count). The maximum atomic E-state index is 8.52. The van der Waals surface area contributed by atoms with Crippen molar-refractivity contribution in [3.8, 4) is 0 Å². The summed E-state index contributed by atoms with van der Waals surface area (Å²) in [5.74, 6) is 0. The van der Waals surface area contributed by atoms with E-state index in [9.17, 15) is 0 Å². The van der Waals surface area contributed by atoms with Gasteiger partial charge in [-0.25, -0.2) is 0 Å². The minimum absolute atomic E-state index is 0. The molecule has 0 N–H and O–H groups in total. The predicted octanol–water partition coefficient (Wildman–Crippen LogP) is -8.84. The van der Waals surface area contributed by atoms with Gasteiger partial charge in [0, 0.05) is 9.17 Å². The van der Waals surface area contributed by atoms with Crippen molar-refractivity contribution in [1.29, 1.82) is 0 Å². The number of ether oxygens (including phenoxy) is 2. The van der Waals surface area contributed by atoms with Gasteiger partial charge in [-0.15, -0.1) is 0 Å². The fraction of sp³-hybridized carbons (Fsp3) is 1.00. The number of rotatable bonds is 0.